The van der Waals surface area contributed by atoms with Gasteiger partial charge in [-0.2, -0.15) is 0 Å². The zero-order chi connectivity index (χ0) is 25.5. The minimum absolute atomic E-state index is 0.0453. The van der Waals surface area contributed by atoms with Gasteiger partial charge in [-0.25, -0.2) is 9.59 Å². The van der Waals surface area contributed by atoms with Crippen LogP contribution in [0.25, 0.3) is 0 Å². The van der Waals surface area contributed by atoms with Crippen molar-refractivity contribution in [1.82, 2.24) is 10.3 Å². The molecule has 1 amide bonds. The van der Waals surface area contributed by atoms with E-state index in [9.17, 15) is 19.2 Å². The minimum Gasteiger partial charge on any atom is -0.462 e. The maximum Gasteiger partial charge on any atom is 0.340 e. The molecule has 3 aromatic rings. The van der Waals surface area contributed by atoms with Crippen molar-refractivity contribution in [2.45, 2.75) is 46.3 Å². The molecule has 9 heteroatoms. The van der Waals surface area contributed by atoms with Gasteiger partial charge in [-0.15, -0.1) is 0 Å². The van der Waals surface area contributed by atoms with Gasteiger partial charge in [0, 0.05) is 12.1 Å². The highest BCUT2D eigenvalue weighted by Gasteiger charge is 2.31. The van der Waals surface area contributed by atoms with Gasteiger partial charge >= 0.3 is 11.9 Å². The summed E-state index contributed by atoms with van der Waals surface area (Å²) in [5.74, 6) is -2.36. The molecule has 2 heterocycles. The van der Waals surface area contributed by atoms with Crippen molar-refractivity contribution in [2.24, 2.45) is 0 Å². The van der Waals surface area contributed by atoms with E-state index in [1.54, 1.807) is 26.8 Å². The topological polar surface area (TPSA) is 128 Å². The number of ether oxygens (including phenoxy) is 2. The first kappa shape index (κ1) is 25.5. The Morgan fingerprint density at radius 1 is 1.06 bits per heavy atom. The van der Waals surface area contributed by atoms with Crippen molar-refractivity contribution in [2.75, 3.05) is 6.61 Å². The van der Waals surface area contributed by atoms with Crippen molar-refractivity contribution in [3.63, 3.8) is 0 Å². The van der Waals surface area contributed by atoms with Crippen LogP contribution in [0.15, 0.2) is 53.1 Å². The average molecular weight is 481 g/mol. The highest BCUT2D eigenvalue weighted by molar-refractivity contribution is 6.04. The number of carbonyl (C=O) groups is 4. The molecule has 2 aromatic heterocycles. The first-order chi connectivity index (χ1) is 16.7. The summed E-state index contributed by atoms with van der Waals surface area (Å²) in [7, 11) is 0. The molecule has 0 bridgehead atoms. The van der Waals surface area contributed by atoms with Crippen LogP contribution < -0.4 is 5.32 Å². The molecule has 3 rings (SSSR count). The Kier molecular flexibility index (Phi) is 8.25. The number of aryl methyl sites for hydroxylation is 1. The Hall–Kier alpha value is -4.14. The Bertz CT molecular complexity index is 1200. The van der Waals surface area contributed by atoms with Gasteiger partial charge in [0.15, 0.2) is 11.9 Å². The summed E-state index contributed by atoms with van der Waals surface area (Å²) in [5.41, 5.74) is 2.13. The maximum absolute atomic E-state index is 13.1. The fraction of sp³-hybridized carbons (Fsp3) is 0.308. The van der Waals surface area contributed by atoms with Crippen molar-refractivity contribution < 1.29 is 33.1 Å². The molecule has 0 aliphatic heterocycles. The molecule has 184 valence electrons. The summed E-state index contributed by atoms with van der Waals surface area (Å²) in [6.45, 7) is 6.62. The molecule has 9 nitrogen and oxygen atoms in total. The molecule has 0 saturated heterocycles. The lowest BCUT2D eigenvalue weighted by atomic mass is 10.0. The van der Waals surface area contributed by atoms with Crippen LogP contribution in [0, 0.1) is 13.8 Å². The summed E-state index contributed by atoms with van der Waals surface area (Å²) in [5, 5.41) is 2.62. The van der Waals surface area contributed by atoms with E-state index in [0.29, 0.717) is 11.3 Å². The Morgan fingerprint density at radius 3 is 2.40 bits per heavy atom. The molecule has 2 atom stereocenters. The molecular weight excluding hydrogens is 452 g/mol. The van der Waals surface area contributed by atoms with Crippen LogP contribution in [0.4, 0.5) is 0 Å². The molecule has 2 N–H and O–H groups in total. The number of aromatic nitrogens is 1. The minimum atomic E-state index is -1.17. The molecule has 1 unspecified atom stereocenters. The second-order valence-corrected chi connectivity index (χ2v) is 7.98. The zero-order valence-electron chi connectivity index (χ0n) is 20.0. The SMILES string of the molecule is CCOC(=O)c1c(C)[nH]c(C(=O)C(C)OC(=O)[C@@H](Cc2ccccc2)NC(=O)c2ccco2)c1C. The maximum atomic E-state index is 13.1. The van der Waals surface area contributed by atoms with Gasteiger partial charge in [0.25, 0.3) is 5.91 Å². The standard InChI is InChI=1S/C26H28N2O7/c1-5-33-26(32)21-15(2)22(27-16(21)3)23(29)17(4)35-25(31)19(14-18-10-7-6-8-11-18)28-24(30)20-12-9-13-34-20/h6-13,17,19,27H,5,14H2,1-4H3,(H,28,30)/t17?,19-/m1/s1. The number of amides is 1. The Balaban J connectivity index is 1.77. The number of furan rings is 1. The van der Waals surface area contributed by atoms with E-state index in [2.05, 4.69) is 10.3 Å². The van der Waals surface area contributed by atoms with Crippen LogP contribution >= 0.6 is 0 Å². The molecule has 0 fully saturated rings. The lowest BCUT2D eigenvalue weighted by Crippen LogP contribution is -2.45. The molecular formula is C26H28N2O7. The summed E-state index contributed by atoms with van der Waals surface area (Å²) in [6, 6.07) is 11.1. The molecule has 35 heavy (non-hydrogen) atoms. The van der Waals surface area contributed by atoms with Crippen molar-refractivity contribution in [3.8, 4) is 0 Å². The summed E-state index contributed by atoms with van der Waals surface area (Å²) >= 11 is 0. The molecule has 0 spiro atoms. The third kappa shape index (κ3) is 6.06. The predicted octanol–water partition coefficient (Wildman–Crippen LogP) is 3.56. The average Bonchev–Trinajstić information content (AvgIpc) is 3.47. The van der Waals surface area contributed by atoms with Gasteiger partial charge in [-0.05, 0) is 51.0 Å². The van der Waals surface area contributed by atoms with E-state index in [0.717, 1.165) is 5.56 Å². The highest BCUT2D eigenvalue weighted by atomic mass is 16.5. The predicted molar refractivity (Wildman–Crippen MR) is 126 cm³/mol. The molecule has 0 aliphatic rings. The van der Waals surface area contributed by atoms with Crippen molar-refractivity contribution >= 4 is 23.6 Å². The van der Waals surface area contributed by atoms with Crippen LogP contribution in [0.3, 0.4) is 0 Å². The van der Waals surface area contributed by atoms with Crippen LogP contribution in [0.5, 0.6) is 0 Å². The van der Waals surface area contributed by atoms with Gasteiger partial charge in [0.1, 0.15) is 6.04 Å². The van der Waals surface area contributed by atoms with Crippen molar-refractivity contribution in [1.29, 1.82) is 0 Å². The fourth-order valence-corrected chi connectivity index (χ4v) is 3.70. The van der Waals surface area contributed by atoms with E-state index >= 15 is 0 Å². The quantitative estimate of drug-likeness (QED) is 0.335. The number of ketones is 1. The molecule has 0 radical (unpaired) electrons. The van der Waals surface area contributed by atoms with Gasteiger partial charge in [0.2, 0.25) is 5.78 Å². The second kappa shape index (κ2) is 11.3. The monoisotopic (exact) mass is 480 g/mol. The number of rotatable bonds is 10. The Morgan fingerprint density at radius 2 is 1.77 bits per heavy atom. The summed E-state index contributed by atoms with van der Waals surface area (Å²) < 4.78 is 15.6. The normalized spacial score (nSPS) is 12.5. The van der Waals surface area contributed by atoms with Gasteiger partial charge in [-0.3, -0.25) is 9.59 Å². The second-order valence-electron chi connectivity index (χ2n) is 7.98. The number of hydrogen-bond donors (Lipinski definition) is 2. The zero-order valence-corrected chi connectivity index (χ0v) is 20.0. The number of esters is 2. The number of nitrogens with one attached hydrogen (secondary N) is 2. The van der Waals surface area contributed by atoms with E-state index in [-0.39, 0.29) is 30.0 Å². The number of Topliss-reactive ketones (excluding diaryl/α,β-unsaturated/α-hetero) is 1. The van der Waals surface area contributed by atoms with Crippen molar-refractivity contribution in [3.05, 3.63) is 82.6 Å². The van der Waals surface area contributed by atoms with Gasteiger partial charge in [0.05, 0.1) is 24.1 Å². The molecule has 0 saturated carbocycles. The van der Waals surface area contributed by atoms with E-state index in [1.165, 1.54) is 19.3 Å². The number of aromatic amines is 1. The van der Waals surface area contributed by atoms with Gasteiger partial charge < -0.3 is 24.2 Å². The lowest BCUT2D eigenvalue weighted by Gasteiger charge is -2.20. The number of carbonyl (C=O) groups excluding carboxylic acids is 4. The van der Waals surface area contributed by atoms with Gasteiger partial charge in [-0.1, -0.05) is 30.3 Å². The summed E-state index contributed by atoms with van der Waals surface area (Å²) in [4.78, 5) is 53.8. The molecule has 1 aromatic carbocycles. The van der Waals surface area contributed by atoms with Crippen LogP contribution in [0.2, 0.25) is 0 Å². The number of benzene rings is 1. The van der Waals surface area contributed by atoms with E-state index < -0.39 is 35.8 Å². The lowest BCUT2D eigenvalue weighted by molar-refractivity contribution is -0.148. The molecule has 0 aliphatic carbocycles. The first-order valence-electron chi connectivity index (χ1n) is 11.2. The van der Waals surface area contributed by atoms with Crippen LogP contribution in [-0.4, -0.2) is 47.4 Å². The third-order valence-electron chi connectivity index (χ3n) is 5.44. The smallest absolute Gasteiger partial charge is 0.340 e. The van der Waals surface area contributed by atoms with E-state index in [4.69, 9.17) is 13.9 Å². The number of hydrogen-bond acceptors (Lipinski definition) is 7. The third-order valence-corrected chi connectivity index (χ3v) is 5.44. The summed E-state index contributed by atoms with van der Waals surface area (Å²) in [6.07, 6.45) is 0.333. The fourth-order valence-electron chi connectivity index (χ4n) is 3.70. The van der Waals surface area contributed by atoms with E-state index in [1.807, 2.05) is 30.3 Å². The van der Waals surface area contributed by atoms with Crippen LogP contribution in [-0.2, 0) is 20.7 Å². The van der Waals surface area contributed by atoms with Crippen LogP contribution in [0.1, 0.15) is 62.1 Å². The highest BCUT2D eigenvalue weighted by Crippen LogP contribution is 2.21. The first-order valence-corrected chi connectivity index (χ1v) is 11.2. The Labute approximate surface area is 202 Å². The largest absolute Gasteiger partial charge is 0.462 e. The number of H-pyrrole nitrogens is 1.